The molecule has 3 aromatic rings. The molecule has 10 heteroatoms. The van der Waals surface area contributed by atoms with Crippen LogP contribution in [0.15, 0.2) is 28.8 Å². The molecule has 0 spiro atoms. The maximum Gasteiger partial charge on any atom is 0.337 e. The van der Waals surface area contributed by atoms with Crippen LogP contribution in [0.5, 0.6) is 0 Å². The average molecular weight is 495 g/mol. The van der Waals surface area contributed by atoms with Gasteiger partial charge in [0.1, 0.15) is 6.54 Å². The Hall–Kier alpha value is -2.76. The first-order chi connectivity index (χ1) is 13.4. The number of hydrogen-bond acceptors (Lipinski definition) is 7. The van der Waals surface area contributed by atoms with Gasteiger partial charge in [-0.3, -0.25) is 9.48 Å². The molecular formula is C18H18IN5O4. The molecule has 9 nitrogen and oxygen atoms in total. The number of rotatable bonds is 6. The van der Waals surface area contributed by atoms with E-state index in [0.29, 0.717) is 17.9 Å². The smallest absolute Gasteiger partial charge is 0.337 e. The number of aromatic nitrogens is 4. The zero-order valence-electron chi connectivity index (χ0n) is 15.5. The number of ether oxygens (including phenoxy) is 1. The Bertz CT molecular complexity index is 1010. The molecular weight excluding hydrogens is 477 g/mol. The molecule has 0 fully saturated rings. The molecule has 2 aromatic heterocycles. The first-order valence-electron chi connectivity index (χ1n) is 8.36. The van der Waals surface area contributed by atoms with Crippen molar-refractivity contribution in [3.8, 4) is 0 Å². The van der Waals surface area contributed by atoms with Gasteiger partial charge in [0.2, 0.25) is 0 Å². The van der Waals surface area contributed by atoms with E-state index in [0.717, 1.165) is 20.5 Å². The maximum absolute atomic E-state index is 12.2. The summed E-state index contributed by atoms with van der Waals surface area (Å²) in [6.45, 7) is 4.47. The highest BCUT2D eigenvalue weighted by atomic mass is 127. The molecule has 146 valence electrons. The fraction of sp³-hybridized carbons (Fsp3) is 0.278. The Balaban J connectivity index is 1.59. The first kappa shape index (κ1) is 20.0. The third kappa shape index (κ3) is 4.38. The predicted octanol–water partition coefficient (Wildman–Crippen LogP) is 2.25. The summed E-state index contributed by atoms with van der Waals surface area (Å²) in [5.74, 6) is -0.628. The van der Waals surface area contributed by atoms with Crippen LogP contribution >= 0.6 is 22.6 Å². The standard InChI is InChI=1S/C18H18IN5O4/c1-10-15(19)11(2)24(22-10)9-14-21-17(28-23-14)16(25)20-8-12-4-6-13(7-5-12)18(26)27-3/h4-7H,8-9H2,1-3H3,(H,20,25). The van der Waals surface area contributed by atoms with Crippen molar-refractivity contribution in [3.05, 3.63) is 62.1 Å². The topological polar surface area (TPSA) is 112 Å². The van der Waals surface area contributed by atoms with Crippen molar-refractivity contribution in [3.63, 3.8) is 0 Å². The lowest BCUT2D eigenvalue weighted by atomic mass is 10.1. The van der Waals surface area contributed by atoms with Crippen molar-refractivity contribution in [1.29, 1.82) is 0 Å². The van der Waals surface area contributed by atoms with Crippen LogP contribution in [-0.2, 0) is 17.8 Å². The van der Waals surface area contributed by atoms with Gasteiger partial charge in [0.25, 0.3) is 0 Å². The summed E-state index contributed by atoms with van der Waals surface area (Å²) in [6.07, 6.45) is 0. The number of halogens is 1. The van der Waals surface area contributed by atoms with Gasteiger partial charge in [0.15, 0.2) is 5.82 Å². The second-order valence-electron chi connectivity index (χ2n) is 6.03. The molecule has 1 N–H and O–H groups in total. The van der Waals surface area contributed by atoms with E-state index < -0.39 is 11.9 Å². The Morgan fingerprint density at radius 1 is 1.25 bits per heavy atom. The van der Waals surface area contributed by atoms with Crippen molar-refractivity contribution in [2.45, 2.75) is 26.9 Å². The normalized spacial score (nSPS) is 10.7. The molecule has 0 unspecified atom stereocenters. The molecule has 0 atom stereocenters. The number of hydrogen-bond donors (Lipinski definition) is 1. The molecule has 0 aliphatic heterocycles. The molecule has 0 saturated carbocycles. The predicted molar refractivity (Wildman–Crippen MR) is 107 cm³/mol. The molecule has 1 aromatic carbocycles. The number of amides is 1. The minimum Gasteiger partial charge on any atom is -0.465 e. The number of esters is 1. The van der Waals surface area contributed by atoms with E-state index in [9.17, 15) is 9.59 Å². The van der Waals surface area contributed by atoms with Gasteiger partial charge >= 0.3 is 17.8 Å². The zero-order valence-corrected chi connectivity index (χ0v) is 17.7. The Labute approximate surface area is 174 Å². The molecule has 0 aliphatic carbocycles. The summed E-state index contributed by atoms with van der Waals surface area (Å²) >= 11 is 2.23. The van der Waals surface area contributed by atoms with Gasteiger partial charge in [0.05, 0.1) is 21.9 Å². The van der Waals surface area contributed by atoms with Crippen LogP contribution in [0.25, 0.3) is 0 Å². The van der Waals surface area contributed by atoms with Crippen molar-refractivity contribution >= 4 is 34.5 Å². The Morgan fingerprint density at radius 2 is 1.96 bits per heavy atom. The van der Waals surface area contributed by atoms with Crippen LogP contribution in [0.1, 0.15) is 43.8 Å². The number of benzene rings is 1. The molecule has 0 bridgehead atoms. The Kier molecular flexibility index (Phi) is 6.07. The van der Waals surface area contributed by atoms with Gasteiger partial charge < -0.3 is 14.6 Å². The van der Waals surface area contributed by atoms with Crippen molar-refractivity contribution in [2.24, 2.45) is 0 Å². The van der Waals surface area contributed by atoms with Crippen molar-refractivity contribution in [2.75, 3.05) is 7.11 Å². The highest BCUT2D eigenvalue weighted by molar-refractivity contribution is 14.1. The van der Waals surface area contributed by atoms with Crippen molar-refractivity contribution in [1.82, 2.24) is 25.2 Å². The van der Waals surface area contributed by atoms with E-state index in [1.54, 1.807) is 28.9 Å². The maximum atomic E-state index is 12.2. The summed E-state index contributed by atoms with van der Waals surface area (Å²) in [5, 5.41) is 11.0. The number of nitrogens with zero attached hydrogens (tertiary/aromatic N) is 4. The van der Waals surface area contributed by atoms with E-state index in [1.165, 1.54) is 7.11 Å². The molecule has 2 heterocycles. The fourth-order valence-electron chi connectivity index (χ4n) is 2.51. The van der Waals surface area contributed by atoms with Gasteiger partial charge in [0, 0.05) is 12.2 Å². The van der Waals surface area contributed by atoms with Gasteiger partial charge in [-0.2, -0.15) is 10.1 Å². The van der Waals surface area contributed by atoms with E-state index in [-0.39, 0.29) is 12.4 Å². The summed E-state index contributed by atoms with van der Waals surface area (Å²) < 4.78 is 12.6. The van der Waals surface area contributed by atoms with Gasteiger partial charge in [-0.15, -0.1) is 0 Å². The summed E-state index contributed by atoms with van der Waals surface area (Å²) in [5.41, 5.74) is 3.19. The lowest BCUT2D eigenvalue weighted by molar-refractivity contribution is 0.0600. The van der Waals surface area contributed by atoms with E-state index >= 15 is 0 Å². The number of carbonyl (C=O) groups excluding carboxylic acids is 2. The second-order valence-corrected chi connectivity index (χ2v) is 7.11. The zero-order chi connectivity index (χ0) is 20.3. The number of methoxy groups -OCH3 is 1. The summed E-state index contributed by atoms with van der Waals surface area (Å²) in [7, 11) is 1.32. The van der Waals surface area contributed by atoms with Gasteiger partial charge in [-0.05, 0) is 54.1 Å². The van der Waals surface area contributed by atoms with Crippen LogP contribution in [-0.4, -0.2) is 38.9 Å². The minimum atomic E-state index is -0.473. The summed E-state index contributed by atoms with van der Waals surface area (Å²) in [4.78, 5) is 27.8. The molecule has 3 rings (SSSR count). The molecule has 0 radical (unpaired) electrons. The molecule has 1 amide bonds. The average Bonchev–Trinajstić information content (AvgIpc) is 3.27. The highest BCUT2D eigenvalue weighted by Crippen LogP contribution is 2.16. The van der Waals surface area contributed by atoms with Crippen molar-refractivity contribution < 1.29 is 18.8 Å². The monoisotopic (exact) mass is 495 g/mol. The fourth-order valence-corrected chi connectivity index (χ4v) is 2.89. The lowest BCUT2D eigenvalue weighted by Gasteiger charge is -2.04. The second kappa shape index (κ2) is 8.50. The van der Waals surface area contributed by atoms with Gasteiger partial charge in [-0.1, -0.05) is 17.3 Å². The van der Waals surface area contributed by atoms with Crippen LogP contribution in [0.2, 0.25) is 0 Å². The summed E-state index contributed by atoms with van der Waals surface area (Å²) in [6, 6.07) is 6.73. The molecule has 0 aliphatic rings. The highest BCUT2D eigenvalue weighted by Gasteiger charge is 2.17. The third-order valence-corrected chi connectivity index (χ3v) is 5.64. The molecule has 0 saturated heterocycles. The van der Waals surface area contributed by atoms with Crippen LogP contribution in [0, 0.1) is 17.4 Å². The largest absolute Gasteiger partial charge is 0.465 e. The van der Waals surface area contributed by atoms with Gasteiger partial charge in [-0.25, -0.2) is 4.79 Å². The Morgan fingerprint density at radius 3 is 2.57 bits per heavy atom. The first-order valence-corrected chi connectivity index (χ1v) is 9.44. The van der Waals surface area contributed by atoms with Crippen LogP contribution in [0.3, 0.4) is 0 Å². The minimum absolute atomic E-state index is 0.114. The van der Waals surface area contributed by atoms with E-state index in [1.807, 2.05) is 13.8 Å². The third-order valence-electron chi connectivity index (χ3n) is 4.07. The number of nitrogens with one attached hydrogen (secondary N) is 1. The van der Waals surface area contributed by atoms with Crippen LogP contribution in [0.4, 0.5) is 0 Å². The molecule has 28 heavy (non-hydrogen) atoms. The lowest BCUT2D eigenvalue weighted by Crippen LogP contribution is -2.23. The number of aryl methyl sites for hydroxylation is 1. The van der Waals surface area contributed by atoms with Crippen LogP contribution < -0.4 is 5.32 Å². The quantitative estimate of drug-likeness (QED) is 0.413. The van der Waals surface area contributed by atoms with E-state index in [2.05, 4.69) is 47.9 Å². The number of carbonyl (C=O) groups is 2. The van der Waals surface area contributed by atoms with E-state index in [4.69, 9.17) is 4.52 Å². The SMILES string of the molecule is COC(=O)c1ccc(CNC(=O)c2nc(Cn3nc(C)c(I)c3C)no2)cc1.